The van der Waals surface area contributed by atoms with Gasteiger partial charge in [0.25, 0.3) is 0 Å². The normalized spacial score (nSPS) is 15.3. The van der Waals surface area contributed by atoms with Gasteiger partial charge in [0.15, 0.2) is 0 Å². The summed E-state index contributed by atoms with van der Waals surface area (Å²) in [4.78, 5) is 3.98. The second-order valence-electron chi connectivity index (χ2n) is 2.51. The molecule has 0 unspecified atom stereocenters. The van der Waals surface area contributed by atoms with Crippen LogP contribution in [-0.4, -0.2) is 23.6 Å². The first-order valence-electron chi connectivity index (χ1n) is 3.57. The van der Waals surface area contributed by atoms with Crippen molar-refractivity contribution >= 4 is 5.84 Å². The summed E-state index contributed by atoms with van der Waals surface area (Å²) in [6.45, 7) is 4.27. The molecular weight excluding hydrogens is 128 g/mol. The molecule has 0 spiro atoms. The lowest BCUT2D eigenvalue weighted by atomic mass is 10.2. The molecule has 0 aromatic rings. The zero-order valence-corrected chi connectivity index (χ0v) is 6.67. The Balaban J connectivity index is 3.13. The third-order valence-electron chi connectivity index (χ3n) is 1.14. The van der Waals surface area contributed by atoms with E-state index in [1.54, 1.807) is 13.8 Å². The van der Waals surface area contributed by atoms with Crippen molar-refractivity contribution in [2.45, 2.75) is 32.8 Å². The average Bonchev–Trinajstić information content (AvgIpc) is 1.79. The molecule has 0 fully saturated rings. The monoisotopic (exact) mass is 144 g/mol. The Hall–Kier alpha value is -0.570. The van der Waals surface area contributed by atoms with E-state index in [-0.39, 0.29) is 6.10 Å². The van der Waals surface area contributed by atoms with Crippen molar-refractivity contribution < 1.29 is 5.11 Å². The summed E-state index contributed by atoms with van der Waals surface area (Å²) in [6.07, 6.45) is 1.50. The van der Waals surface area contributed by atoms with Crippen LogP contribution in [0.2, 0.25) is 0 Å². The van der Waals surface area contributed by atoms with Gasteiger partial charge in [-0.3, -0.25) is 4.99 Å². The number of nitrogens with two attached hydrogens (primary N) is 1. The van der Waals surface area contributed by atoms with Crippen LogP contribution in [0.1, 0.15) is 26.7 Å². The van der Waals surface area contributed by atoms with Gasteiger partial charge in [0.05, 0.1) is 11.9 Å². The lowest BCUT2D eigenvalue weighted by Crippen LogP contribution is -2.07. The van der Waals surface area contributed by atoms with Gasteiger partial charge in [0.1, 0.15) is 0 Å². The summed E-state index contributed by atoms with van der Waals surface area (Å²) in [7, 11) is 0. The molecule has 0 aromatic heterocycles. The Morgan fingerprint density at radius 2 is 2.30 bits per heavy atom. The third-order valence-corrected chi connectivity index (χ3v) is 1.14. The summed E-state index contributed by atoms with van der Waals surface area (Å²) < 4.78 is 0. The number of rotatable bonds is 4. The second-order valence-corrected chi connectivity index (χ2v) is 2.51. The molecule has 0 heterocycles. The molecule has 10 heavy (non-hydrogen) atoms. The molecule has 0 saturated carbocycles. The minimum absolute atomic E-state index is 0.215. The van der Waals surface area contributed by atoms with Crippen molar-refractivity contribution in [3.05, 3.63) is 0 Å². The van der Waals surface area contributed by atoms with Crippen molar-refractivity contribution in [1.29, 1.82) is 0 Å². The van der Waals surface area contributed by atoms with Gasteiger partial charge >= 0.3 is 0 Å². The van der Waals surface area contributed by atoms with E-state index in [0.29, 0.717) is 5.84 Å². The van der Waals surface area contributed by atoms with E-state index >= 15 is 0 Å². The number of nitrogens with zero attached hydrogens (tertiary/aromatic N) is 1. The number of amidine groups is 1. The van der Waals surface area contributed by atoms with Crippen molar-refractivity contribution in [1.82, 2.24) is 0 Å². The number of aliphatic hydroxyl groups excluding tert-OH is 1. The molecule has 3 nitrogen and oxygen atoms in total. The van der Waals surface area contributed by atoms with E-state index in [2.05, 4.69) is 4.99 Å². The van der Waals surface area contributed by atoms with E-state index in [1.807, 2.05) is 0 Å². The molecule has 0 bridgehead atoms. The van der Waals surface area contributed by atoms with Crippen LogP contribution in [0.4, 0.5) is 0 Å². The highest BCUT2D eigenvalue weighted by atomic mass is 16.3. The topological polar surface area (TPSA) is 58.6 Å². The standard InChI is InChI=1S/C7H16N2O/c1-6(10)4-3-5-9-7(2)8/h6,10H,3-5H2,1-2H3,(H2,8,9)/t6-/m1/s1. The zero-order valence-electron chi connectivity index (χ0n) is 6.67. The fourth-order valence-electron chi connectivity index (χ4n) is 0.642. The molecule has 0 aliphatic carbocycles. The minimum Gasteiger partial charge on any atom is -0.393 e. The second kappa shape index (κ2) is 5.23. The van der Waals surface area contributed by atoms with Gasteiger partial charge in [0, 0.05) is 6.54 Å². The van der Waals surface area contributed by atoms with Crippen LogP contribution in [0.5, 0.6) is 0 Å². The Labute approximate surface area is 62.0 Å². The molecule has 3 N–H and O–H groups in total. The zero-order chi connectivity index (χ0) is 7.98. The van der Waals surface area contributed by atoms with Gasteiger partial charge < -0.3 is 10.8 Å². The van der Waals surface area contributed by atoms with Crippen molar-refractivity contribution in [2.24, 2.45) is 10.7 Å². The molecule has 60 valence electrons. The maximum atomic E-state index is 8.84. The lowest BCUT2D eigenvalue weighted by Gasteiger charge is -2.00. The predicted octanol–water partition coefficient (Wildman–Crippen LogP) is 0.524. The largest absolute Gasteiger partial charge is 0.393 e. The number of hydrogen-bond donors (Lipinski definition) is 2. The van der Waals surface area contributed by atoms with Crippen LogP contribution in [0.3, 0.4) is 0 Å². The SMILES string of the molecule is CC(N)=NCCC[C@@H](C)O. The summed E-state index contributed by atoms with van der Waals surface area (Å²) in [5.41, 5.74) is 5.30. The van der Waals surface area contributed by atoms with Crippen LogP contribution in [-0.2, 0) is 0 Å². The van der Waals surface area contributed by atoms with Crippen molar-refractivity contribution in [3.63, 3.8) is 0 Å². The van der Waals surface area contributed by atoms with Crippen molar-refractivity contribution in [2.75, 3.05) is 6.54 Å². The van der Waals surface area contributed by atoms with Crippen molar-refractivity contribution in [3.8, 4) is 0 Å². The predicted molar refractivity (Wildman–Crippen MR) is 43.1 cm³/mol. The molecule has 0 amide bonds. The highest BCUT2D eigenvalue weighted by Crippen LogP contribution is 1.94. The van der Waals surface area contributed by atoms with Crippen LogP contribution >= 0.6 is 0 Å². The number of hydrogen-bond acceptors (Lipinski definition) is 2. The summed E-state index contributed by atoms with van der Waals surface area (Å²) in [5, 5.41) is 8.84. The first-order chi connectivity index (χ1) is 4.63. The molecule has 0 aliphatic rings. The van der Waals surface area contributed by atoms with Gasteiger partial charge in [0.2, 0.25) is 0 Å². The smallest absolute Gasteiger partial charge is 0.0905 e. The Kier molecular flexibility index (Phi) is 4.94. The van der Waals surface area contributed by atoms with Crippen LogP contribution < -0.4 is 5.73 Å². The fourth-order valence-corrected chi connectivity index (χ4v) is 0.642. The quantitative estimate of drug-likeness (QED) is 0.343. The van der Waals surface area contributed by atoms with Crippen LogP contribution in [0.15, 0.2) is 4.99 Å². The van der Waals surface area contributed by atoms with Gasteiger partial charge in [-0.05, 0) is 26.7 Å². The summed E-state index contributed by atoms with van der Waals surface area (Å²) >= 11 is 0. The fraction of sp³-hybridized carbons (Fsp3) is 0.857. The van der Waals surface area contributed by atoms with E-state index in [1.165, 1.54) is 0 Å². The van der Waals surface area contributed by atoms with Gasteiger partial charge in [-0.2, -0.15) is 0 Å². The Bertz CT molecular complexity index is 106. The molecule has 0 aromatic carbocycles. The van der Waals surface area contributed by atoms with Crippen LogP contribution in [0.25, 0.3) is 0 Å². The molecule has 0 aliphatic heterocycles. The number of aliphatic hydroxyl groups is 1. The molecule has 0 radical (unpaired) electrons. The summed E-state index contributed by atoms with van der Waals surface area (Å²) in [6, 6.07) is 0. The first-order valence-corrected chi connectivity index (χ1v) is 3.57. The average molecular weight is 144 g/mol. The Morgan fingerprint density at radius 1 is 1.70 bits per heavy atom. The first kappa shape index (κ1) is 9.43. The van der Waals surface area contributed by atoms with Gasteiger partial charge in [-0.15, -0.1) is 0 Å². The third kappa shape index (κ3) is 7.43. The molecule has 3 heteroatoms. The van der Waals surface area contributed by atoms with E-state index in [9.17, 15) is 0 Å². The molecule has 1 atom stereocenters. The molecule has 0 rings (SSSR count). The summed E-state index contributed by atoms with van der Waals surface area (Å²) in [5.74, 6) is 0.616. The van der Waals surface area contributed by atoms with E-state index < -0.39 is 0 Å². The molecule has 0 saturated heterocycles. The van der Waals surface area contributed by atoms with E-state index in [0.717, 1.165) is 19.4 Å². The maximum Gasteiger partial charge on any atom is 0.0905 e. The highest BCUT2D eigenvalue weighted by molar-refractivity contribution is 5.77. The Morgan fingerprint density at radius 3 is 2.70 bits per heavy atom. The lowest BCUT2D eigenvalue weighted by molar-refractivity contribution is 0.182. The van der Waals surface area contributed by atoms with Gasteiger partial charge in [-0.1, -0.05) is 0 Å². The van der Waals surface area contributed by atoms with E-state index in [4.69, 9.17) is 10.8 Å². The van der Waals surface area contributed by atoms with Gasteiger partial charge in [-0.25, -0.2) is 0 Å². The van der Waals surface area contributed by atoms with Crippen LogP contribution in [0, 0.1) is 0 Å². The number of aliphatic imine (C=N–C) groups is 1. The highest BCUT2D eigenvalue weighted by Gasteiger charge is 1.92. The minimum atomic E-state index is -0.215. The molecular formula is C7H16N2O. The maximum absolute atomic E-state index is 8.84.